The molecule has 0 spiro atoms. The summed E-state index contributed by atoms with van der Waals surface area (Å²) < 4.78 is 4.10. The Morgan fingerprint density at radius 3 is 2.79 bits per heavy atom. The minimum atomic E-state index is 0.0324. The number of aryl methyl sites for hydroxylation is 1. The molecule has 2 heterocycles. The van der Waals surface area contributed by atoms with Crippen molar-refractivity contribution in [3.8, 4) is 0 Å². The fourth-order valence-electron chi connectivity index (χ4n) is 2.55. The normalized spacial score (nSPS) is 13.0. The van der Waals surface area contributed by atoms with E-state index >= 15 is 0 Å². The molecule has 98 valence electrons. The number of hydrogen-bond acceptors (Lipinski definition) is 2. The van der Waals surface area contributed by atoms with Crippen molar-refractivity contribution in [2.24, 2.45) is 12.8 Å². The summed E-state index contributed by atoms with van der Waals surface area (Å²) in [5.74, 6) is 0. The van der Waals surface area contributed by atoms with Gasteiger partial charge in [-0.3, -0.25) is 4.68 Å². The second kappa shape index (κ2) is 4.55. The maximum absolute atomic E-state index is 5.98. The van der Waals surface area contributed by atoms with Crippen LogP contribution in [0.4, 0.5) is 0 Å². The van der Waals surface area contributed by atoms with E-state index in [9.17, 15) is 0 Å². The average Bonchev–Trinajstić information content (AvgIpc) is 2.97. The van der Waals surface area contributed by atoms with Crippen LogP contribution in [0.2, 0.25) is 0 Å². The van der Waals surface area contributed by atoms with E-state index < -0.39 is 0 Å². The monoisotopic (exact) mass is 254 g/mol. The number of nitrogens with two attached hydrogens (primary N) is 1. The largest absolute Gasteiger partial charge is 0.344 e. The third-order valence-corrected chi connectivity index (χ3v) is 3.49. The van der Waals surface area contributed by atoms with Crippen molar-refractivity contribution in [3.63, 3.8) is 0 Å². The van der Waals surface area contributed by atoms with Crippen LogP contribution in [0.3, 0.4) is 0 Å². The van der Waals surface area contributed by atoms with E-state index in [1.807, 2.05) is 30.8 Å². The zero-order valence-corrected chi connectivity index (χ0v) is 11.2. The Morgan fingerprint density at radius 1 is 1.21 bits per heavy atom. The SMILES string of the molecule is CC(N)c1cccn1Cc1nn(C)c2ccccc12. The first-order valence-electron chi connectivity index (χ1n) is 6.48. The second-order valence-electron chi connectivity index (χ2n) is 4.94. The Kier molecular flexibility index (Phi) is 2.87. The van der Waals surface area contributed by atoms with Crippen molar-refractivity contribution >= 4 is 10.9 Å². The van der Waals surface area contributed by atoms with Crippen molar-refractivity contribution in [3.05, 3.63) is 54.0 Å². The van der Waals surface area contributed by atoms with Crippen molar-refractivity contribution in [2.45, 2.75) is 19.5 Å². The number of aromatic nitrogens is 3. The van der Waals surface area contributed by atoms with Gasteiger partial charge in [0, 0.05) is 30.4 Å². The summed E-state index contributed by atoms with van der Waals surface area (Å²) >= 11 is 0. The van der Waals surface area contributed by atoms with Crippen LogP contribution in [0.15, 0.2) is 42.6 Å². The number of fused-ring (bicyclic) bond motifs is 1. The fourth-order valence-corrected chi connectivity index (χ4v) is 2.55. The molecule has 3 rings (SSSR count). The number of para-hydroxylation sites is 1. The van der Waals surface area contributed by atoms with Crippen LogP contribution in [0, 0.1) is 0 Å². The maximum Gasteiger partial charge on any atom is 0.0900 e. The molecule has 19 heavy (non-hydrogen) atoms. The molecule has 1 atom stereocenters. The molecule has 0 aliphatic rings. The summed E-state index contributed by atoms with van der Waals surface area (Å²) in [4.78, 5) is 0. The molecule has 0 amide bonds. The number of rotatable bonds is 3. The van der Waals surface area contributed by atoms with Gasteiger partial charge in [-0.2, -0.15) is 5.10 Å². The van der Waals surface area contributed by atoms with Crippen LogP contribution >= 0.6 is 0 Å². The predicted octanol–water partition coefficient (Wildman–Crippen LogP) is 2.44. The number of hydrogen-bond donors (Lipinski definition) is 1. The van der Waals surface area contributed by atoms with Crippen LogP contribution in [0.5, 0.6) is 0 Å². The van der Waals surface area contributed by atoms with Gasteiger partial charge in [0.05, 0.1) is 17.8 Å². The molecule has 0 saturated heterocycles. The van der Waals surface area contributed by atoms with Gasteiger partial charge in [-0.15, -0.1) is 0 Å². The molecular formula is C15H18N4. The summed E-state index contributed by atoms with van der Waals surface area (Å²) in [7, 11) is 1.98. The molecule has 0 fully saturated rings. The Balaban J connectivity index is 2.04. The van der Waals surface area contributed by atoms with Gasteiger partial charge < -0.3 is 10.3 Å². The van der Waals surface area contributed by atoms with Crippen LogP contribution in [0.25, 0.3) is 10.9 Å². The van der Waals surface area contributed by atoms with Crippen molar-refractivity contribution in [2.75, 3.05) is 0 Å². The van der Waals surface area contributed by atoms with Gasteiger partial charge in [-0.25, -0.2) is 0 Å². The molecular weight excluding hydrogens is 236 g/mol. The van der Waals surface area contributed by atoms with Crippen LogP contribution in [-0.4, -0.2) is 14.3 Å². The van der Waals surface area contributed by atoms with Gasteiger partial charge in [0.1, 0.15) is 0 Å². The minimum absolute atomic E-state index is 0.0324. The van der Waals surface area contributed by atoms with Crippen molar-refractivity contribution in [1.82, 2.24) is 14.3 Å². The molecule has 0 aliphatic carbocycles. The van der Waals surface area contributed by atoms with Crippen LogP contribution in [0.1, 0.15) is 24.4 Å². The van der Waals surface area contributed by atoms with E-state index in [2.05, 4.69) is 40.1 Å². The third kappa shape index (κ3) is 2.04. The van der Waals surface area contributed by atoms with Gasteiger partial charge in [0.25, 0.3) is 0 Å². The van der Waals surface area contributed by atoms with Gasteiger partial charge in [-0.1, -0.05) is 18.2 Å². The summed E-state index contributed by atoms with van der Waals surface area (Å²) in [5.41, 5.74) is 9.36. The Bertz CT molecular complexity index is 706. The highest BCUT2D eigenvalue weighted by Crippen LogP contribution is 2.20. The molecule has 0 saturated carbocycles. The Morgan fingerprint density at radius 2 is 2.00 bits per heavy atom. The average molecular weight is 254 g/mol. The first-order valence-corrected chi connectivity index (χ1v) is 6.48. The van der Waals surface area contributed by atoms with E-state index in [0.29, 0.717) is 0 Å². The van der Waals surface area contributed by atoms with Crippen LogP contribution in [-0.2, 0) is 13.6 Å². The van der Waals surface area contributed by atoms with E-state index in [-0.39, 0.29) is 6.04 Å². The summed E-state index contributed by atoms with van der Waals surface area (Å²) in [6, 6.07) is 12.4. The second-order valence-corrected chi connectivity index (χ2v) is 4.94. The predicted molar refractivity (Wildman–Crippen MR) is 76.9 cm³/mol. The molecule has 2 N–H and O–H groups in total. The van der Waals surface area contributed by atoms with E-state index in [0.717, 1.165) is 23.4 Å². The van der Waals surface area contributed by atoms with Crippen LogP contribution < -0.4 is 5.73 Å². The molecule has 0 aliphatic heterocycles. The topological polar surface area (TPSA) is 48.8 Å². The molecule has 1 unspecified atom stereocenters. The first kappa shape index (κ1) is 12.0. The van der Waals surface area contributed by atoms with E-state index in [1.165, 1.54) is 5.39 Å². The Hall–Kier alpha value is -2.07. The minimum Gasteiger partial charge on any atom is -0.344 e. The summed E-state index contributed by atoms with van der Waals surface area (Å²) in [5, 5.41) is 5.82. The first-order chi connectivity index (χ1) is 9.16. The molecule has 0 radical (unpaired) electrons. The molecule has 2 aromatic heterocycles. The summed E-state index contributed by atoms with van der Waals surface area (Å²) in [6.07, 6.45) is 2.06. The third-order valence-electron chi connectivity index (χ3n) is 3.49. The molecule has 0 bridgehead atoms. The lowest BCUT2D eigenvalue weighted by atomic mass is 10.2. The van der Waals surface area contributed by atoms with Gasteiger partial charge in [-0.05, 0) is 25.1 Å². The lowest BCUT2D eigenvalue weighted by molar-refractivity contribution is 0.655. The highest BCUT2D eigenvalue weighted by Gasteiger charge is 2.11. The molecule has 1 aromatic carbocycles. The quantitative estimate of drug-likeness (QED) is 0.780. The highest BCUT2D eigenvalue weighted by atomic mass is 15.3. The standard InChI is InChI=1S/C15H18N4/c1-11(16)14-8-5-9-19(14)10-13-12-6-3-4-7-15(12)18(2)17-13/h3-9,11H,10,16H2,1-2H3. The summed E-state index contributed by atoms with van der Waals surface area (Å²) in [6.45, 7) is 2.76. The highest BCUT2D eigenvalue weighted by molar-refractivity contribution is 5.81. The van der Waals surface area contributed by atoms with Gasteiger partial charge in [0.2, 0.25) is 0 Å². The van der Waals surface area contributed by atoms with E-state index in [4.69, 9.17) is 5.73 Å². The maximum atomic E-state index is 5.98. The van der Waals surface area contributed by atoms with Gasteiger partial charge in [0.15, 0.2) is 0 Å². The molecule has 3 aromatic rings. The number of benzene rings is 1. The lowest BCUT2D eigenvalue weighted by Gasteiger charge is -2.10. The van der Waals surface area contributed by atoms with E-state index in [1.54, 1.807) is 0 Å². The Labute approximate surface area is 112 Å². The molecule has 4 heteroatoms. The molecule has 4 nitrogen and oxygen atoms in total. The lowest BCUT2D eigenvalue weighted by Crippen LogP contribution is -2.12. The zero-order chi connectivity index (χ0) is 13.4. The number of nitrogens with zero attached hydrogens (tertiary/aromatic N) is 3. The van der Waals surface area contributed by atoms with Crippen molar-refractivity contribution < 1.29 is 0 Å². The fraction of sp³-hybridized carbons (Fsp3) is 0.267. The van der Waals surface area contributed by atoms with Crippen molar-refractivity contribution in [1.29, 1.82) is 0 Å². The smallest absolute Gasteiger partial charge is 0.0900 e. The zero-order valence-electron chi connectivity index (χ0n) is 11.2. The van der Waals surface area contributed by atoms with Gasteiger partial charge >= 0.3 is 0 Å².